The molecule has 0 aliphatic carbocycles. The van der Waals surface area contributed by atoms with Crippen LogP contribution in [0.2, 0.25) is 0 Å². The van der Waals surface area contributed by atoms with E-state index in [1.165, 1.54) is 23.4 Å². The highest BCUT2D eigenvalue weighted by Crippen LogP contribution is 2.50. The van der Waals surface area contributed by atoms with E-state index in [4.69, 9.17) is 9.47 Å². The van der Waals surface area contributed by atoms with Crippen LogP contribution < -0.4 is 19.3 Å². The summed E-state index contributed by atoms with van der Waals surface area (Å²) in [5, 5.41) is 2.89. The molecule has 1 unspecified atom stereocenters. The maximum atomic E-state index is 15.2. The Bertz CT molecular complexity index is 1320. The van der Waals surface area contributed by atoms with Crippen LogP contribution in [0.25, 0.3) is 11.1 Å². The van der Waals surface area contributed by atoms with E-state index in [2.05, 4.69) is 5.32 Å². The van der Waals surface area contributed by atoms with E-state index in [1.807, 2.05) is 44.7 Å². The summed E-state index contributed by atoms with van der Waals surface area (Å²) < 4.78 is 56.8. The predicted octanol–water partition coefficient (Wildman–Crippen LogP) is 7.30. The number of anilines is 2. The topological polar surface area (TPSA) is 54.0 Å². The molecule has 2 aliphatic rings. The third kappa shape index (κ3) is 6.02. The monoisotopic (exact) mass is 573 g/mol. The highest BCUT2D eigenvalue weighted by atomic mass is 32.2. The Hall–Kier alpha value is -3.37. The van der Waals surface area contributed by atoms with Crippen LogP contribution in [-0.2, 0) is 15.1 Å². The van der Waals surface area contributed by atoms with Crippen molar-refractivity contribution in [1.82, 2.24) is 5.32 Å². The number of benzene rings is 3. The smallest absolute Gasteiger partial charge is 0.217 e. The first-order valence-electron chi connectivity index (χ1n) is 13.3. The maximum Gasteiger partial charge on any atom is 0.217 e. The van der Waals surface area contributed by atoms with Gasteiger partial charge in [-0.25, -0.2) is 13.1 Å². The Balaban J connectivity index is 0.00000181. The van der Waals surface area contributed by atoms with E-state index in [-0.39, 0.29) is 23.8 Å². The third-order valence-corrected chi connectivity index (χ3v) is 7.36. The van der Waals surface area contributed by atoms with Gasteiger partial charge in [0.1, 0.15) is 17.4 Å². The zero-order valence-corrected chi connectivity index (χ0v) is 24.1. The number of fused-ring (bicyclic) bond motifs is 1. The van der Waals surface area contributed by atoms with Gasteiger partial charge in [0.15, 0.2) is 12.3 Å². The number of nitrogens with one attached hydrogen (secondary N) is 1. The molecule has 40 heavy (non-hydrogen) atoms. The van der Waals surface area contributed by atoms with Crippen molar-refractivity contribution in [3.63, 3.8) is 0 Å². The first-order chi connectivity index (χ1) is 19.2. The molecule has 0 bridgehead atoms. The van der Waals surface area contributed by atoms with Crippen LogP contribution in [0.5, 0.6) is 5.75 Å². The third-order valence-electron chi connectivity index (χ3n) is 6.82. The van der Waals surface area contributed by atoms with Crippen LogP contribution in [0.15, 0.2) is 54.6 Å². The first-order valence-corrected chi connectivity index (χ1v) is 14.0. The molecule has 0 radical (unpaired) electrons. The van der Waals surface area contributed by atoms with Crippen LogP contribution in [0, 0.1) is 11.6 Å². The van der Waals surface area contributed by atoms with Gasteiger partial charge >= 0.3 is 0 Å². The molecule has 1 fully saturated rings. The molecule has 1 N–H and O–H groups in total. The van der Waals surface area contributed by atoms with Crippen LogP contribution in [0.1, 0.15) is 52.0 Å². The average Bonchev–Trinajstić information content (AvgIpc) is 2.93. The number of hydrogen-bond donors (Lipinski definition) is 1. The molecule has 10 heteroatoms. The molecule has 1 atom stereocenters. The van der Waals surface area contributed by atoms with E-state index < -0.39 is 23.4 Å². The number of nitrogens with zero attached hydrogens (tertiary/aromatic N) is 2. The number of carbonyl (C=O) groups is 1. The van der Waals surface area contributed by atoms with E-state index in [9.17, 15) is 8.68 Å². The quantitative estimate of drug-likeness (QED) is 0.300. The van der Waals surface area contributed by atoms with E-state index in [0.29, 0.717) is 54.6 Å². The van der Waals surface area contributed by atoms with E-state index in [1.54, 1.807) is 30.3 Å². The fourth-order valence-electron chi connectivity index (χ4n) is 4.91. The van der Waals surface area contributed by atoms with Gasteiger partial charge in [0.2, 0.25) is 12.1 Å². The minimum absolute atomic E-state index is 0.0185. The minimum atomic E-state index is -0.784. The van der Waals surface area contributed by atoms with Crippen molar-refractivity contribution >= 4 is 29.6 Å². The molecule has 0 spiro atoms. The maximum absolute atomic E-state index is 15.2. The van der Waals surface area contributed by atoms with Gasteiger partial charge < -0.3 is 19.7 Å². The largest absolute Gasteiger partial charge is 0.465 e. The van der Waals surface area contributed by atoms with Gasteiger partial charge in [0.05, 0.1) is 30.0 Å². The Labute approximate surface area is 237 Å². The van der Waals surface area contributed by atoms with Crippen molar-refractivity contribution in [3.8, 4) is 16.9 Å². The van der Waals surface area contributed by atoms with Crippen molar-refractivity contribution in [2.24, 2.45) is 0 Å². The summed E-state index contributed by atoms with van der Waals surface area (Å²) in [5.41, 5.74) is 2.17. The van der Waals surface area contributed by atoms with Crippen LogP contribution in [0.3, 0.4) is 0 Å². The number of halogens is 3. The van der Waals surface area contributed by atoms with Gasteiger partial charge in [-0.2, -0.15) is 0 Å². The molecule has 3 aromatic carbocycles. The van der Waals surface area contributed by atoms with Crippen LogP contribution in [0.4, 0.5) is 24.0 Å². The van der Waals surface area contributed by atoms with Crippen LogP contribution in [-0.4, -0.2) is 32.2 Å². The molecule has 1 amide bonds. The molecule has 5 rings (SSSR count). The fourth-order valence-corrected chi connectivity index (χ4v) is 5.38. The van der Waals surface area contributed by atoms with E-state index in [0.717, 1.165) is 5.56 Å². The zero-order valence-electron chi connectivity index (χ0n) is 23.3. The molecular formula is C30H34F3N3O3S. The summed E-state index contributed by atoms with van der Waals surface area (Å²) in [6.45, 7) is 11.4. The van der Waals surface area contributed by atoms with Crippen molar-refractivity contribution in [3.05, 3.63) is 77.4 Å². The van der Waals surface area contributed by atoms with Crippen LogP contribution >= 0.6 is 12.3 Å². The van der Waals surface area contributed by atoms with Crippen molar-refractivity contribution in [2.45, 2.75) is 46.4 Å². The molecular weight excluding hydrogens is 539 g/mol. The Morgan fingerprint density at radius 3 is 2.23 bits per heavy atom. The molecule has 0 saturated carbocycles. The molecule has 2 heterocycles. The second kappa shape index (κ2) is 12.4. The lowest BCUT2D eigenvalue weighted by molar-refractivity contribution is -0.120. The minimum Gasteiger partial charge on any atom is -0.465 e. The molecule has 1 saturated heterocycles. The number of hydrogen-bond acceptors (Lipinski definition) is 6. The van der Waals surface area contributed by atoms with Gasteiger partial charge in [-0.05, 0) is 61.4 Å². The SMILES string of the molecule is CC.CC(=O)NC(C)(C)c1ccc(OC2c3cc(-c4c(F)cc(N5CCOCC5)cc4F)ccc3N2SF)cc1. The Morgan fingerprint density at radius 2 is 1.65 bits per heavy atom. The summed E-state index contributed by atoms with van der Waals surface area (Å²) in [4.78, 5) is 13.4. The second-order valence-electron chi connectivity index (χ2n) is 9.85. The molecule has 2 aliphatic heterocycles. The lowest BCUT2D eigenvalue weighted by Crippen LogP contribution is -2.39. The van der Waals surface area contributed by atoms with Gasteiger partial charge in [-0.3, -0.25) is 4.79 Å². The highest BCUT2D eigenvalue weighted by molar-refractivity contribution is 7.95. The van der Waals surface area contributed by atoms with Crippen molar-refractivity contribution in [2.75, 3.05) is 35.5 Å². The lowest BCUT2D eigenvalue weighted by atomic mass is 9.94. The predicted molar refractivity (Wildman–Crippen MR) is 154 cm³/mol. The van der Waals surface area contributed by atoms with E-state index >= 15 is 8.78 Å². The molecule has 6 nitrogen and oxygen atoms in total. The van der Waals surface area contributed by atoms with Gasteiger partial charge in [-0.15, -0.1) is 3.89 Å². The summed E-state index contributed by atoms with van der Waals surface area (Å²) in [6.07, 6.45) is -0.784. The van der Waals surface area contributed by atoms with Crippen molar-refractivity contribution in [1.29, 1.82) is 0 Å². The fraction of sp³-hybridized carbons (Fsp3) is 0.367. The number of morpholine rings is 1. The Morgan fingerprint density at radius 1 is 1.02 bits per heavy atom. The molecule has 3 aromatic rings. The molecule has 0 aromatic heterocycles. The summed E-state index contributed by atoms with van der Waals surface area (Å²) >= 11 is 0.0185. The lowest BCUT2D eigenvalue weighted by Gasteiger charge is -2.40. The Kier molecular flexibility index (Phi) is 9.20. The normalized spacial score (nSPS) is 16.4. The summed E-state index contributed by atoms with van der Waals surface area (Å²) in [5.74, 6) is -0.995. The number of amides is 1. The summed E-state index contributed by atoms with van der Waals surface area (Å²) in [7, 11) is 0. The van der Waals surface area contributed by atoms with Crippen molar-refractivity contribution < 1.29 is 26.9 Å². The number of ether oxygens (including phenoxy) is 2. The number of carbonyl (C=O) groups excluding carboxylic acids is 1. The first kappa shape index (κ1) is 29.6. The van der Waals surface area contributed by atoms with Gasteiger partial charge in [0.25, 0.3) is 0 Å². The highest BCUT2D eigenvalue weighted by Gasteiger charge is 2.39. The second-order valence-corrected chi connectivity index (χ2v) is 10.4. The standard InChI is InChI=1S/C28H28F3N3O3S.C2H6/c1-17(35)32-28(2,3)19-5-7-21(8-6-19)37-27-22-14-18(4-9-25(22)34(27)38-31)26-23(29)15-20(16-24(26)30)33-10-12-36-13-11-33;1-2/h4-9,14-16,27H,10-13H2,1-3H3,(H,32,35);1-2H3. The molecule has 214 valence electrons. The van der Waals surface area contributed by atoms with Gasteiger partial charge in [0, 0.05) is 31.3 Å². The number of rotatable bonds is 7. The zero-order chi connectivity index (χ0) is 29.0. The van der Waals surface area contributed by atoms with Gasteiger partial charge in [-0.1, -0.05) is 32.0 Å². The average molecular weight is 574 g/mol. The summed E-state index contributed by atoms with van der Waals surface area (Å²) in [6, 6.07) is 14.7.